The molecule has 0 bridgehead atoms. The summed E-state index contributed by atoms with van der Waals surface area (Å²) >= 11 is 6.42. The summed E-state index contributed by atoms with van der Waals surface area (Å²) < 4.78 is 2.01. The first-order chi connectivity index (χ1) is 11.2. The van der Waals surface area contributed by atoms with E-state index < -0.39 is 0 Å². The van der Waals surface area contributed by atoms with Crippen LogP contribution in [0.1, 0.15) is 50.5 Å². The Hall–Kier alpha value is -1.32. The molecule has 1 aromatic carbocycles. The second-order valence-corrected chi connectivity index (χ2v) is 7.04. The van der Waals surface area contributed by atoms with Crippen LogP contribution in [-0.2, 0) is 6.54 Å². The Kier molecular flexibility index (Phi) is 5.39. The standard InChI is InChI=1S/C19H25ClN2O/c20-16-8-5-9-18-19(16)15(13-22(18)10-11-23)17(21)12-14-6-3-1-2-4-7-14/h5,8-9,13-14,21,23H,1-4,6-7,10-12H2. The van der Waals surface area contributed by atoms with Crippen molar-refractivity contribution < 1.29 is 5.11 Å². The fourth-order valence-corrected chi connectivity index (χ4v) is 4.07. The van der Waals surface area contributed by atoms with Crippen LogP contribution in [0.4, 0.5) is 0 Å². The number of aliphatic hydroxyl groups is 1. The van der Waals surface area contributed by atoms with Gasteiger partial charge >= 0.3 is 0 Å². The number of nitrogens with zero attached hydrogens (tertiary/aromatic N) is 1. The zero-order chi connectivity index (χ0) is 16.2. The molecule has 0 unspecified atom stereocenters. The highest BCUT2D eigenvalue weighted by atomic mass is 35.5. The Labute approximate surface area is 142 Å². The lowest BCUT2D eigenvalue weighted by molar-refractivity contribution is 0.278. The molecule has 0 amide bonds. The van der Waals surface area contributed by atoms with Gasteiger partial charge in [-0.05, 0) is 24.5 Å². The molecule has 23 heavy (non-hydrogen) atoms. The van der Waals surface area contributed by atoms with Crippen LogP contribution in [0.25, 0.3) is 10.9 Å². The van der Waals surface area contributed by atoms with E-state index in [1.165, 1.54) is 38.5 Å². The van der Waals surface area contributed by atoms with Gasteiger partial charge in [-0.1, -0.05) is 56.2 Å². The van der Waals surface area contributed by atoms with E-state index in [1.54, 1.807) is 0 Å². The maximum atomic E-state index is 9.28. The molecule has 1 fully saturated rings. The summed E-state index contributed by atoms with van der Waals surface area (Å²) in [5.74, 6) is 0.628. The van der Waals surface area contributed by atoms with Gasteiger partial charge in [0.15, 0.2) is 0 Å². The maximum absolute atomic E-state index is 9.28. The molecule has 2 N–H and O–H groups in total. The Balaban J connectivity index is 1.90. The molecule has 0 saturated heterocycles. The molecule has 0 radical (unpaired) electrons. The SMILES string of the molecule is N=C(CC1CCCCCC1)c1cn(CCO)c2cccc(Cl)c12. The predicted molar refractivity (Wildman–Crippen MR) is 96.7 cm³/mol. The number of rotatable bonds is 5. The lowest BCUT2D eigenvalue weighted by Gasteiger charge is -2.14. The van der Waals surface area contributed by atoms with Gasteiger partial charge in [0.2, 0.25) is 0 Å². The molecule has 0 atom stereocenters. The van der Waals surface area contributed by atoms with E-state index in [1.807, 2.05) is 29.0 Å². The van der Waals surface area contributed by atoms with E-state index in [0.717, 1.165) is 22.9 Å². The largest absolute Gasteiger partial charge is 0.395 e. The van der Waals surface area contributed by atoms with Gasteiger partial charge in [0.1, 0.15) is 0 Å². The third-order valence-corrected chi connectivity index (χ3v) is 5.30. The van der Waals surface area contributed by atoms with Crippen LogP contribution in [-0.4, -0.2) is 22.0 Å². The highest BCUT2D eigenvalue weighted by Crippen LogP contribution is 2.32. The van der Waals surface area contributed by atoms with Crippen LogP contribution < -0.4 is 0 Å². The third-order valence-electron chi connectivity index (χ3n) is 4.99. The molecule has 1 aliphatic carbocycles. The minimum Gasteiger partial charge on any atom is -0.395 e. The second-order valence-electron chi connectivity index (χ2n) is 6.63. The fraction of sp³-hybridized carbons (Fsp3) is 0.526. The summed E-state index contributed by atoms with van der Waals surface area (Å²) in [5.41, 5.74) is 2.63. The topological polar surface area (TPSA) is 49.0 Å². The van der Waals surface area contributed by atoms with Gasteiger partial charge in [0.25, 0.3) is 0 Å². The van der Waals surface area contributed by atoms with Crippen molar-refractivity contribution in [2.45, 2.75) is 51.5 Å². The lowest BCUT2D eigenvalue weighted by atomic mass is 9.91. The molecule has 0 spiro atoms. The molecule has 1 aliphatic rings. The number of fused-ring (bicyclic) bond motifs is 1. The van der Waals surface area contributed by atoms with E-state index in [0.29, 0.717) is 23.2 Å². The molecule has 4 heteroatoms. The van der Waals surface area contributed by atoms with Crippen molar-refractivity contribution in [2.24, 2.45) is 5.92 Å². The first-order valence-corrected chi connectivity index (χ1v) is 9.04. The number of benzene rings is 1. The van der Waals surface area contributed by atoms with Gasteiger partial charge in [0.05, 0.1) is 17.1 Å². The molecule has 1 saturated carbocycles. The van der Waals surface area contributed by atoms with Crippen LogP contribution in [0.2, 0.25) is 5.02 Å². The summed E-state index contributed by atoms with van der Waals surface area (Å²) in [5, 5.41) is 19.6. The highest BCUT2D eigenvalue weighted by molar-refractivity contribution is 6.37. The Morgan fingerprint density at radius 1 is 1.22 bits per heavy atom. The van der Waals surface area contributed by atoms with Crippen LogP contribution >= 0.6 is 11.6 Å². The first kappa shape index (κ1) is 16.5. The monoisotopic (exact) mass is 332 g/mol. The van der Waals surface area contributed by atoms with Gasteiger partial charge in [-0.2, -0.15) is 0 Å². The predicted octanol–water partition coefficient (Wildman–Crippen LogP) is 5.02. The van der Waals surface area contributed by atoms with Crippen molar-refractivity contribution in [2.75, 3.05) is 6.61 Å². The third kappa shape index (κ3) is 3.61. The van der Waals surface area contributed by atoms with Crippen LogP contribution in [0.3, 0.4) is 0 Å². The minimum absolute atomic E-state index is 0.0890. The van der Waals surface area contributed by atoms with Crippen LogP contribution in [0, 0.1) is 11.3 Å². The van der Waals surface area contributed by atoms with E-state index in [9.17, 15) is 5.11 Å². The maximum Gasteiger partial charge on any atom is 0.0610 e. The summed E-state index contributed by atoms with van der Waals surface area (Å²) in [4.78, 5) is 0. The van der Waals surface area contributed by atoms with E-state index in [2.05, 4.69) is 0 Å². The normalized spacial score (nSPS) is 16.6. The van der Waals surface area contributed by atoms with Gasteiger partial charge in [-0.15, -0.1) is 0 Å². The number of halogens is 1. The summed E-state index contributed by atoms with van der Waals surface area (Å²) in [7, 11) is 0. The number of nitrogens with one attached hydrogen (secondary N) is 1. The minimum atomic E-state index is 0.0890. The zero-order valence-electron chi connectivity index (χ0n) is 13.5. The second kappa shape index (κ2) is 7.50. The zero-order valence-corrected chi connectivity index (χ0v) is 14.3. The molecule has 2 aromatic rings. The quantitative estimate of drug-likeness (QED) is 0.586. The van der Waals surface area contributed by atoms with Crippen LogP contribution in [0.15, 0.2) is 24.4 Å². The van der Waals surface area contributed by atoms with Crippen molar-refractivity contribution in [3.05, 3.63) is 35.0 Å². The molecule has 1 heterocycles. The average molecular weight is 333 g/mol. The number of aliphatic hydroxyl groups excluding tert-OH is 1. The highest BCUT2D eigenvalue weighted by Gasteiger charge is 2.19. The van der Waals surface area contributed by atoms with Crippen molar-refractivity contribution in [1.82, 2.24) is 4.57 Å². The van der Waals surface area contributed by atoms with Crippen LogP contribution in [0.5, 0.6) is 0 Å². The summed E-state index contributed by atoms with van der Waals surface area (Å²) in [6.45, 7) is 0.624. The Morgan fingerprint density at radius 2 is 1.96 bits per heavy atom. The molecule has 0 aliphatic heterocycles. The number of hydrogen-bond acceptors (Lipinski definition) is 2. The molecular formula is C19H25ClN2O. The molecule has 1 aromatic heterocycles. The van der Waals surface area contributed by atoms with Gasteiger partial charge in [-0.3, -0.25) is 0 Å². The molecule has 3 nitrogen and oxygen atoms in total. The summed E-state index contributed by atoms with van der Waals surface area (Å²) in [6.07, 6.45) is 10.6. The average Bonchev–Trinajstić information content (AvgIpc) is 2.73. The van der Waals surface area contributed by atoms with E-state index in [4.69, 9.17) is 17.0 Å². The Morgan fingerprint density at radius 3 is 2.65 bits per heavy atom. The summed E-state index contributed by atoms with van der Waals surface area (Å²) in [6, 6.07) is 5.83. The number of hydrogen-bond donors (Lipinski definition) is 2. The molecular weight excluding hydrogens is 308 g/mol. The Bertz CT molecular complexity index is 684. The van der Waals surface area contributed by atoms with Gasteiger partial charge in [-0.25, -0.2) is 0 Å². The van der Waals surface area contributed by atoms with E-state index in [-0.39, 0.29) is 6.61 Å². The van der Waals surface area contributed by atoms with Gasteiger partial charge < -0.3 is 15.1 Å². The van der Waals surface area contributed by atoms with E-state index >= 15 is 0 Å². The van der Waals surface area contributed by atoms with Crippen molar-refractivity contribution in [3.8, 4) is 0 Å². The van der Waals surface area contributed by atoms with Gasteiger partial charge in [0, 0.05) is 29.4 Å². The fourth-order valence-electron chi connectivity index (χ4n) is 3.80. The van der Waals surface area contributed by atoms with Crippen molar-refractivity contribution in [1.29, 1.82) is 5.41 Å². The smallest absolute Gasteiger partial charge is 0.0610 e. The number of aromatic nitrogens is 1. The van der Waals surface area contributed by atoms with Crippen molar-refractivity contribution >= 4 is 28.2 Å². The molecule has 124 valence electrons. The lowest BCUT2D eigenvalue weighted by Crippen LogP contribution is -2.08. The first-order valence-electron chi connectivity index (χ1n) is 8.66. The van der Waals surface area contributed by atoms with Crippen molar-refractivity contribution in [3.63, 3.8) is 0 Å². The molecule has 3 rings (SSSR count).